The van der Waals surface area contributed by atoms with E-state index < -0.39 is 4.75 Å². The van der Waals surface area contributed by atoms with E-state index in [9.17, 15) is 0 Å². The molecule has 5 nitrogen and oxygen atoms in total. The van der Waals surface area contributed by atoms with Crippen LogP contribution in [0, 0.1) is 0 Å². The summed E-state index contributed by atoms with van der Waals surface area (Å²) in [5.41, 5.74) is 5.83. The lowest BCUT2D eigenvalue weighted by molar-refractivity contribution is 0.301. The van der Waals surface area contributed by atoms with E-state index in [1.807, 2.05) is 91.0 Å². The summed E-state index contributed by atoms with van der Waals surface area (Å²) in [6.07, 6.45) is 3.64. The summed E-state index contributed by atoms with van der Waals surface area (Å²) < 4.78 is 17.8. The third-order valence-corrected chi connectivity index (χ3v) is 9.40. The molecular formula is C40H34N2O3S. The number of benzene rings is 4. The molecule has 46 heavy (non-hydrogen) atoms. The average molecular weight is 623 g/mol. The summed E-state index contributed by atoms with van der Waals surface area (Å²) in [5.74, 6) is 3.10. The number of furan rings is 1. The first-order chi connectivity index (χ1) is 22.7. The molecule has 0 saturated heterocycles. The van der Waals surface area contributed by atoms with Crippen LogP contribution in [0.5, 0.6) is 11.5 Å². The van der Waals surface area contributed by atoms with Gasteiger partial charge in [-0.05, 0) is 71.8 Å². The van der Waals surface area contributed by atoms with Gasteiger partial charge in [0.1, 0.15) is 35.2 Å². The molecule has 0 aliphatic rings. The van der Waals surface area contributed by atoms with Crippen LogP contribution in [0.25, 0.3) is 21.8 Å². The summed E-state index contributed by atoms with van der Waals surface area (Å²) in [4.78, 5) is 9.48. The Labute approximate surface area is 274 Å². The van der Waals surface area contributed by atoms with E-state index in [4.69, 9.17) is 23.9 Å². The van der Waals surface area contributed by atoms with Crippen LogP contribution < -0.4 is 9.47 Å². The summed E-state index contributed by atoms with van der Waals surface area (Å²) in [5, 5.41) is 2.23. The van der Waals surface area contributed by atoms with Crippen LogP contribution in [-0.4, -0.2) is 15.7 Å². The first-order valence-corrected chi connectivity index (χ1v) is 16.1. The molecule has 0 spiro atoms. The first kappa shape index (κ1) is 29.4. The van der Waals surface area contributed by atoms with Gasteiger partial charge in [-0.2, -0.15) is 0 Å². The smallest absolute Gasteiger partial charge is 0.130 e. The van der Waals surface area contributed by atoms with Gasteiger partial charge in [0.05, 0.1) is 28.7 Å². The van der Waals surface area contributed by atoms with Gasteiger partial charge in [0.15, 0.2) is 0 Å². The number of nitrogens with zero attached hydrogens (tertiary/aromatic N) is 2. The maximum Gasteiger partial charge on any atom is 0.130 e. The molecule has 0 aliphatic heterocycles. The molecule has 6 heteroatoms. The quantitative estimate of drug-likeness (QED) is 0.126. The fourth-order valence-electron chi connectivity index (χ4n) is 5.62. The molecule has 7 rings (SSSR count). The Morgan fingerprint density at radius 1 is 0.630 bits per heavy atom. The Hall–Kier alpha value is -5.33. The van der Waals surface area contributed by atoms with Crippen molar-refractivity contribution in [1.29, 1.82) is 0 Å². The Morgan fingerprint density at radius 2 is 1.15 bits per heavy atom. The highest BCUT2D eigenvalue weighted by Crippen LogP contribution is 2.49. The number of hydrogen-bond donors (Lipinski definition) is 0. The Morgan fingerprint density at radius 3 is 1.63 bits per heavy atom. The molecule has 7 aromatic rings. The number of para-hydroxylation sites is 2. The van der Waals surface area contributed by atoms with E-state index in [2.05, 4.69) is 55.1 Å². The monoisotopic (exact) mass is 622 g/mol. The molecule has 0 radical (unpaired) electrons. The van der Waals surface area contributed by atoms with Crippen molar-refractivity contribution in [2.45, 2.75) is 18.0 Å². The van der Waals surface area contributed by atoms with Crippen LogP contribution in [0.3, 0.4) is 0 Å². The summed E-state index contributed by atoms with van der Waals surface area (Å²) in [7, 11) is 0. The van der Waals surface area contributed by atoms with Gasteiger partial charge in [0, 0.05) is 18.0 Å². The lowest BCUT2D eigenvalue weighted by Gasteiger charge is -2.32. The second-order valence-electron chi connectivity index (χ2n) is 10.9. The van der Waals surface area contributed by atoms with E-state index in [0.29, 0.717) is 13.2 Å². The molecule has 0 fully saturated rings. The highest BCUT2D eigenvalue weighted by Gasteiger charge is 2.39. The predicted octanol–water partition coefficient (Wildman–Crippen LogP) is 9.99. The maximum absolute atomic E-state index is 6.16. The van der Waals surface area contributed by atoms with Gasteiger partial charge in [0.25, 0.3) is 0 Å². The molecule has 0 amide bonds. The minimum atomic E-state index is -0.617. The van der Waals surface area contributed by atoms with Gasteiger partial charge in [-0.25, -0.2) is 9.97 Å². The van der Waals surface area contributed by atoms with Crippen LogP contribution in [0.2, 0.25) is 0 Å². The third kappa shape index (κ3) is 6.12. The second-order valence-corrected chi connectivity index (χ2v) is 12.1. The van der Waals surface area contributed by atoms with Crippen molar-refractivity contribution in [2.24, 2.45) is 0 Å². The zero-order valence-corrected chi connectivity index (χ0v) is 26.0. The number of thioether (sulfide) groups is 1. The number of ether oxygens (including phenoxy) is 2. The minimum Gasteiger partial charge on any atom is -0.487 e. The van der Waals surface area contributed by atoms with E-state index in [1.54, 1.807) is 18.0 Å². The predicted molar refractivity (Wildman–Crippen MR) is 188 cm³/mol. The van der Waals surface area contributed by atoms with Crippen molar-refractivity contribution in [1.82, 2.24) is 9.97 Å². The number of hydrogen-bond acceptors (Lipinski definition) is 6. The molecule has 0 aliphatic carbocycles. The molecule has 3 aromatic heterocycles. The van der Waals surface area contributed by atoms with Crippen molar-refractivity contribution in [3.63, 3.8) is 0 Å². The molecule has 4 aromatic carbocycles. The number of aromatic nitrogens is 2. The number of pyridine rings is 2. The van der Waals surface area contributed by atoms with Crippen LogP contribution in [0.1, 0.15) is 29.7 Å². The summed E-state index contributed by atoms with van der Waals surface area (Å²) >= 11 is 1.75. The largest absolute Gasteiger partial charge is 0.487 e. The van der Waals surface area contributed by atoms with Gasteiger partial charge in [-0.15, -0.1) is 18.3 Å². The fraction of sp³-hybridized carbons (Fsp3) is 0.100. The molecule has 3 heterocycles. The van der Waals surface area contributed by atoms with E-state index in [1.165, 1.54) is 0 Å². The SMILES string of the molecule is C=CCSC(c1ccc(OCc2ccc3ccccc3n2)cc1)(c1ccc(OCc2ccc3ccccc3n2)cc1)c1ccco1.[HH]. The summed E-state index contributed by atoms with van der Waals surface area (Å²) in [6.45, 7) is 4.77. The van der Waals surface area contributed by atoms with Crippen molar-refractivity contribution < 1.29 is 15.3 Å². The van der Waals surface area contributed by atoms with Crippen molar-refractivity contribution in [3.05, 3.63) is 181 Å². The molecule has 0 bridgehead atoms. The normalized spacial score (nSPS) is 11.5. The van der Waals surface area contributed by atoms with E-state index in [0.717, 1.165) is 67.3 Å². The zero-order chi connectivity index (χ0) is 31.2. The standard InChI is InChI=1S/C40H32N2O3S.H2/c1-2-26-46-40(39-12-7-25-43-39,31-15-21-35(22-16-31)44-27-33-19-13-29-8-3-5-10-37(29)41-33)32-17-23-36(24-18-32)45-28-34-20-14-30-9-4-6-11-38(30)42-34;/h2-25H,1,26-28H2;1H. The van der Waals surface area contributed by atoms with Crippen LogP contribution in [0.4, 0.5) is 0 Å². The molecule has 0 unspecified atom stereocenters. The van der Waals surface area contributed by atoms with E-state index in [-0.39, 0.29) is 1.43 Å². The summed E-state index contributed by atoms with van der Waals surface area (Å²) in [6, 6.07) is 44.8. The van der Waals surface area contributed by atoms with Crippen molar-refractivity contribution >= 4 is 33.6 Å². The van der Waals surface area contributed by atoms with Gasteiger partial charge >= 0.3 is 0 Å². The van der Waals surface area contributed by atoms with Crippen molar-refractivity contribution in [3.8, 4) is 11.5 Å². The maximum atomic E-state index is 6.16. The minimum absolute atomic E-state index is 0. The lowest BCUT2D eigenvalue weighted by Crippen LogP contribution is -2.25. The highest BCUT2D eigenvalue weighted by atomic mass is 32.2. The van der Waals surface area contributed by atoms with Gasteiger partial charge in [-0.1, -0.05) is 78.9 Å². The molecule has 228 valence electrons. The van der Waals surface area contributed by atoms with Gasteiger partial charge in [0.2, 0.25) is 0 Å². The Balaban J connectivity index is 0.00000386. The van der Waals surface area contributed by atoms with Gasteiger partial charge in [-0.3, -0.25) is 0 Å². The zero-order valence-electron chi connectivity index (χ0n) is 25.2. The fourth-order valence-corrected chi connectivity index (χ4v) is 6.85. The Bertz CT molecular complexity index is 1950. The van der Waals surface area contributed by atoms with Crippen molar-refractivity contribution in [2.75, 3.05) is 5.75 Å². The second kappa shape index (κ2) is 13.3. The molecule has 0 N–H and O–H groups in total. The highest BCUT2D eigenvalue weighted by molar-refractivity contribution is 8.00. The van der Waals surface area contributed by atoms with Gasteiger partial charge < -0.3 is 13.9 Å². The third-order valence-electron chi connectivity index (χ3n) is 7.89. The van der Waals surface area contributed by atoms with Crippen LogP contribution >= 0.6 is 11.8 Å². The van der Waals surface area contributed by atoms with Crippen LogP contribution in [0.15, 0.2) is 157 Å². The topological polar surface area (TPSA) is 57.4 Å². The molecular weight excluding hydrogens is 589 g/mol. The number of rotatable bonds is 12. The first-order valence-electron chi connectivity index (χ1n) is 15.2. The van der Waals surface area contributed by atoms with Crippen LogP contribution in [-0.2, 0) is 18.0 Å². The Kier molecular flexibility index (Phi) is 8.53. The number of fused-ring (bicyclic) bond motifs is 2. The molecule has 0 saturated carbocycles. The lowest BCUT2D eigenvalue weighted by atomic mass is 9.88. The molecule has 0 atom stereocenters. The average Bonchev–Trinajstić information content (AvgIpc) is 3.67. The van der Waals surface area contributed by atoms with E-state index >= 15 is 0 Å².